The maximum Gasteiger partial charge on any atom is 0.247 e. The molecule has 0 atom stereocenters. The lowest BCUT2D eigenvalue weighted by atomic mass is 10.2. The summed E-state index contributed by atoms with van der Waals surface area (Å²) in [5.74, 6) is 0.860. The van der Waals surface area contributed by atoms with Gasteiger partial charge in [-0.3, -0.25) is 4.79 Å². The van der Waals surface area contributed by atoms with Gasteiger partial charge >= 0.3 is 0 Å². The first-order valence-electron chi connectivity index (χ1n) is 8.60. The van der Waals surface area contributed by atoms with Crippen molar-refractivity contribution in [2.24, 2.45) is 0 Å². The molecule has 0 spiro atoms. The highest BCUT2D eigenvalue weighted by Crippen LogP contribution is 2.29. The van der Waals surface area contributed by atoms with Gasteiger partial charge in [0.15, 0.2) is 5.82 Å². The number of carbonyl (C=O) groups excluding carboxylic acids is 1. The molecule has 148 valence electrons. The number of nitrogens with zero attached hydrogens (tertiary/aromatic N) is 3. The number of anilines is 5. The standard InChI is InChI=1S/C20H19ClN6O2/c1-4-17(28)24-14-7-5-6-8-15(14)25-19-13(21)11-23-20(27-19)26-16-9-18(29-3)22-10-12(16)2/h4-11H,1H2,2-3H3,(H,24,28)(H2,22,23,25,26,27). The molecule has 0 aliphatic rings. The van der Waals surface area contributed by atoms with E-state index < -0.39 is 0 Å². The molecule has 3 aromatic rings. The van der Waals surface area contributed by atoms with E-state index in [4.69, 9.17) is 16.3 Å². The number of aryl methyl sites for hydroxylation is 1. The molecule has 29 heavy (non-hydrogen) atoms. The summed E-state index contributed by atoms with van der Waals surface area (Å²) in [6, 6.07) is 8.93. The number of methoxy groups -OCH3 is 1. The number of para-hydroxylation sites is 2. The third-order valence-electron chi connectivity index (χ3n) is 3.90. The number of nitrogens with one attached hydrogen (secondary N) is 3. The third kappa shape index (κ3) is 4.99. The third-order valence-corrected chi connectivity index (χ3v) is 4.18. The molecule has 0 saturated carbocycles. The lowest BCUT2D eigenvalue weighted by Gasteiger charge is -2.14. The minimum absolute atomic E-state index is 0.322. The molecule has 8 nitrogen and oxygen atoms in total. The van der Waals surface area contributed by atoms with Gasteiger partial charge in [-0.25, -0.2) is 9.97 Å². The summed E-state index contributed by atoms with van der Waals surface area (Å²) in [6.07, 6.45) is 4.37. The van der Waals surface area contributed by atoms with Gasteiger partial charge in [0.05, 0.1) is 30.4 Å². The Kier molecular flexibility index (Phi) is 6.25. The largest absolute Gasteiger partial charge is 0.481 e. The zero-order valence-electron chi connectivity index (χ0n) is 15.9. The summed E-state index contributed by atoms with van der Waals surface area (Å²) in [5.41, 5.74) is 2.84. The SMILES string of the molecule is C=CC(=O)Nc1ccccc1Nc1nc(Nc2cc(OC)ncc2C)ncc1Cl. The van der Waals surface area contributed by atoms with Gasteiger partial charge in [-0.2, -0.15) is 4.98 Å². The van der Waals surface area contributed by atoms with Crippen molar-refractivity contribution in [3.63, 3.8) is 0 Å². The smallest absolute Gasteiger partial charge is 0.247 e. The maximum absolute atomic E-state index is 11.7. The first-order valence-corrected chi connectivity index (χ1v) is 8.97. The van der Waals surface area contributed by atoms with E-state index in [1.165, 1.54) is 12.3 Å². The molecular weight excluding hydrogens is 392 g/mol. The van der Waals surface area contributed by atoms with E-state index in [-0.39, 0.29) is 5.91 Å². The number of carbonyl (C=O) groups is 1. The van der Waals surface area contributed by atoms with Crippen LogP contribution in [0.1, 0.15) is 5.56 Å². The minimum atomic E-state index is -0.322. The number of benzene rings is 1. The Balaban J connectivity index is 1.87. The van der Waals surface area contributed by atoms with Crippen LogP contribution in [0.15, 0.2) is 55.4 Å². The topological polar surface area (TPSA) is 101 Å². The van der Waals surface area contributed by atoms with Gasteiger partial charge in [0.25, 0.3) is 0 Å². The Morgan fingerprint density at radius 1 is 1.14 bits per heavy atom. The minimum Gasteiger partial charge on any atom is -0.481 e. The molecule has 0 fully saturated rings. The summed E-state index contributed by atoms with van der Waals surface area (Å²) in [4.78, 5) is 24.5. The molecule has 0 radical (unpaired) electrons. The summed E-state index contributed by atoms with van der Waals surface area (Å²) in [5, 5.41) is 9.31. The molecule has 2 heterocycles. The zero-order chi connectivity index (χ0) is 20.8. The summed E-state index contributed by atoms with van der Waals surface area (Å²) >= 11 is 6.26. The van der Waals surface area contributed by atoms with Crippen LogP contribution in [0.4, 0.5) is 28.8 Å². The van der Waals surface area contributed by atoms with E-state index in [2.05, 4.69) is 37.5 Å². The van der Waals surface area contributed by atoms with Gasteiger partial charge in [-0.05, 0) is 30.7 Å². The number of amides is 1. The lowest BCUT2D eigenvalue weighted by molar-refractivity contribution is -0.111. The first kappa shape index (κ1) is 20.1. The van der Waals surface area contributed by atoms with Crippen LogP contribution in [0.25, 0.3) is 0 Å². The molecule has 3 N–H and O–H groups in total. The second-order valence-electron chi connectivity index (χ2n) is 5.92. The van der Waals surface area contributed by atoms with Gasteiger partial charge in [0, 0.05) is 12.3 Å². The number of ether oxygens (including phenoxy) is 1. The molecule has 0 unspecified atom stereocenters. The van der Waals surface area contributed by atoms with E-state index in [0.29, 0.717) is 34.0 Å². The Bertz CT molecular complexity index is 1060. The van der Waals surface area contributed by atoms with Crippen molar-refractivity contribution in [2.75, 3.05) is 23.1 Å². The predicted octanol–water partition coefficient (Wildman–Crippen LogP) is 4.45. The van der Waals surface area contributed by atoms with Crippen molar-refractivity contribution in [3.8, 4) is 5.88 Å². The zero-order valence-corrected chi connectivity index (χ0v) is 16.6. The molecular formula is C20H19ClN6O2. The Morgan fingerprint density at radius 2 is 1.90 bits per heavy atom. The fourth-order valence-electron chi connectivity index (χ4n) is 2.40. The average Bonchev–Trinajstić information content (AvgIpc) is 2.73. The van der Waals surface area contributed by atoms with Crippen LogP contribution in [0, 0.1) is 6.92 Å². The highest BCUT2D eigenvalue weighted by molar-refractivity contribution is 6.33. The average molecular weight is 411 g/mol. The predicted molar refractivity (Wildman–Crippen MR) is 114 cm³/mol. The quantitative estimate of drug-likeness (QED) is 0.494. The van der Waals surface area contributed by atoms with Crippen molar-refractivity contribution in [3.05, 3.63) is 66.0 Å². The molecule has 1 amide bonds. The van der Waals surface area contributed by atoms with E-state index >= 15 is 0 Å². The van der Waals surface area contributed by atoms with Crippen LogP contribution in [0.3, 0.4) is 0 Å². The van der Waals surface area contributed by atoms with E-state index in [1.807, 2.05) is 13.0 Å². The van der Waals surface area contributed by atoms with Crippen LogP contribution in [0.2, 0.25) is 5.02 Å². The van der Waals surface area contributed by atoms with Crippen molar-refractivity contribution in [1.82, 2.24) is 15.0 Å². The molecule has 2 aromatic heterocycles. The van der Waals surface area contributed by atoms with Crippen LogP contribution in [-0.4, -0.2) is 28.0 Å². The second-order valence-corrected chi connectivity index (χ2v) is 6.33. The van der Waals surface area contributed by atoms with Crippen molar-refractivity contribution < 1.29 is 9.53 Å². The Labute approximate surface area is 173 Å². The molecule has 0 aliphatic carbocycles. The number of pyridine rings is 1. The molecule has 9 heteroatoms. The van der Waals surface area contributed by atoms with Gasteiger partial charge in [-0.1, -0.05) is 30.3 Å². The van der Waals surface area contributed by atoms with E-state index in [9.17, 15) is 4.79 Å². The maximum atomic E-state index is 11.7. The van der Waals surface area contributed by atoms with Gasteiger partial charge < -0.3 is 20.7 Å². The number of hydrogen-bond donors (Lipinski definition) is 3. The first-order chi connectivity index (χ1) is 14.0. The summed E-state index contributed by atoms with van der Waals surface area (Å²) in [6.45, 7) is 5.36. The molecule has 0 aliphatic heterocycles. The van der Waals surface area contributed by atoms with Gasteiger partial charge in [0.1, 0.15) is 5.02 Å². The monoisotopic (exact) mass is 410 g/mol. The highest BCUT2D eigenvalue weighted by atomic mass is 35.5. The van der Waals surface area contributed by atoms with Crippen molar-refractivity contribution in [2.45, 2.75) is 6.92 Å². The molecule has 0 saturated heterocycles. The van der Waals surface area contributed by atoms with Crippen molar-refractivity contribution >= 4 is 46.3 Å². The van der Waals surface area contributed by atoms with Crippen LogP contribution >= 0.6 is 11.6 Å². The van der Waals surface area contributed by atoms with Gasteiger partial charge in [-0.15, -0.1) is 0 Å². The normalized spacial score (nSPS) is 10.2. The van der Waals surface area contributed by atoms with Crippen LogP contribution in [0.5, 0.6) is 5.88 Å². The van der Waals surface area contributed by atoms with Crippen LogP contribution < -0.4 is 20.7 Å². The molecule has 3 rings (SSSR count). The highest BCUT2D eigenvalue weighted by Gasteiger charge is 2.11. The number of hydrogen-bond acceptors (Lipinski definition) is 7. The fraction of sp³-hybridized carbons (Fsp3) is 0.100. The summed E-state index contributed by atoms with van der Waals surface area (Å²) in [7, 11) is 1.55. The van der Waals surface area contributed by atoms with E-state index in [0.717, 1.165) is 11.3 Å². The number of aromatic nitrogens is 3. The Morgan fingerprint density at radius 3 is 2.62 bits per heavy atom. The summed E-state index contributed by atoms with van der Waals surface area (Å²) < 4.78 is 5.16. The number of halogens is 1. The molecule has 0 bridgehead atoms. The second kappa shape index (κ2) is 9.03. The van der Waals surface area contributed by atoms with Crippen molar-refractivity contribution in [1.29, 1.82) is 0 Å². The fourth-order valence-corrected chi connectivity index (χ4v) is 2.54. The lowest BCUT2D eigenvalue weighted by Crippen LogP contribution is -2.09. The number of rotatable bonds is 7. The van der Waals surface area contributed by atoms with E-state index in [1.54, 1.807) is 37.6 Å². The Hall–Kier alpha value is -3.65. The van der Waals surface area contributed by atoms with Crippen LogP contribution in [-0.2, 0) is 4.79 Å². The molecule has 1 aromatic carbocycles. The van der Waals surface area contributed by atoms with Gasteiger partial charge in [0.2, 0.25) is 17.7 Å².